The molecule has 0 saturated carbocycles. The lowest BCUT2D eigenvalue weighted by Gasteiger charge is -2.01. The van der Waals surface area contributed by atoms with Crippen molar-refractivity contribution in [2.75, 3.05) is 12.3 Å². The summed E-state index contributed by atoms with van der Waals surface area (Å²) >= 11 is 1.40. The summed E-state index contributed by atoms with van der Waals surface area (Å²) in [5, 5.41) is 1.41. The Morgan fingerprint density at radius 3 is 2.79 bits per heavy atom. The van der Waals surface area contributed by atoms with Crippen LogP contribution in [0.2, 0.25) is 0 Å². The summed E-state index contributed by atoms with van der Waals surface area (Å²) < 4.78 is 5.43. The third-order valence-corrected chi connectivity index (χ3v) is 2.71. The molecule has 0 unspecified atom stereocenters. The Bertz CT molecular complexity index is 250. The van der Waals surface area contributed by atoms with Crippen molar-refractivity contribution in [3.8, 4) is 5.19 Å². The Morgan fingerprint density at radius 1 is 1.36 bits per heavy atom. The van der Waals surface area contributed by atoms with Gasteiger partial charge in [-0.2, -0.15) is 0 Å². The van der Waals surface area contributed by atoms with Crippen LogP contribution in [0.1, 0.15) is 39.0 Å². The Labute approximate surface area is 89.3 Å². The molecule has 4 heteroatoms. The number of nitrogens with zero attached hydrogens (tertiary/aromatic N) is 1. The molecule has 3 nitrogen and oxygen atoms in total. The topological polar surface area (TPSA) is 48.1 Å². The fraction of sp³-hybridized carbons (Fsp3) is 0.700. The molecule has 0 aliphatic carbocycles. The van der Waals surface area contributed by atoms with Gasteiger partial charge in [-0.1, -0.05) is 43.9 Å². The van der Waals surface area contributed by atoms with Crippen molar-refractivity contribution >= 4 is 16.3 Å². The molecule has 0 aliphatic rings. The first-order chi connectivity index (χ1) is 6.83. The zero-order valence-corrected chi connectivity index (χ0v) is 9.48. The zero-order valence-electron chi connectivity index (χ0n) is 8.66. The van der Waals surface area contributed by atoms with Crippen LogP contribution < -0.4 is 10.5 Å². The molecule has 0 fully saturated rings. The maximum Gasteiger partial charge on any atom is 0.275 e. The van der Waals surface area contributed by atoms with E-state index in [1.54, 1.807) is 6.20 Å². The Balaban J connectivity index is 1.99. The zero-order chi connectivity index (χ0) is 10.2. The molecule has 80 valence electrons. The van der Waals surface area contributed by atoms with Gasteiger partial charge in [0.25, 0.3) is 5.19 Å². The van der Waals surface area contributed by atoms with E-state index in [0.717, 1.165) is 13.0 Å². The van der Waals surface area contributed by atoms with Crippen LogP contribution in [-0.2, 0) is 0 Å². The van der Waals surface area contributed by atoms with Gasteiger partial charge in [-0.05, 0) is 6.42 Å². The Kier molecular flexibility index (Phi) is 5.37. The first-order valence-electron chi connectivity index (χ1n) is 5.17. The molecular formula is C10H18N2OS. The number of hydrogen-bond acceptors (Lipinski definition) is 4. The summed E-state index contributed by atoms with van der Waals surface area (Å²) in [5.74, 6) is 0. The monoisotopic (exact) mass is 214 g/mol. The molecule has 1 rings (SSSR count). The summed E-state index contributed by atoms with van der Waals surface area (Å²) in [7, 11) is 0. The SMILES string of the molecule is CCCCCCCOc1ncc(N)s1. The summed E-state index contributed by atoms with van der Waals surface area (Å²) in [6, 6.07) is 0. The second-order valence-corrected chi connectivity index (χ2v) is 4.32. The predicted molar refractivity (Wildman–Crippen MR) is 60.8 cm³/mol. The minimum absolute atomic E-state index is 0.693. The van der Waals surface area contributed by atoms with Crippen molar-refractivity contribution in [1.29, 1.82) is 0 Å². The second kappa shape index (κ2) is 6.65. The lowest BCUT2D eigenvalue weighted by atomic mass is 10.2. The minimum atomic E-state index is 0.693. The number of anilines is 1. The number of aromatic nitrogens is 1. The van der Waals surface area contributed by atoms with Crippen LogP contribution in [0.25, 0.3) is 0 Å². The van der Waals surface area contributed by atoms with E-state index >= 15 is 0 Å². The van der Waals surface area contributed by atoms with E-state index in [-0.39, 0.29) is 0 Å². The molecule has 0 aliphatic heterocycles. The highest BCUT2D eigenvalue weighted by Gasteiger charge is 1.98. The van der Waals surface area contributed by atoms with Crippen LogP contribution in [0.4, 0.5) is 5.00 Å². The van der Waals surface area contributed by atoms with Gasteiger partial charge in [0.15, 0.2) is 0 Å². The predicted octanol–water partition coefficient (Wildman–Crippen LogP) is 3.07. The van der Waals surface area contributed by atoms with Gasteiger partial charge in [0.1, 0.15) is 5.00 Å². The molecule has 0 aromatic carbocycles. The molecule has 0 bridgehead atoms. The Morgan fingerprint density at radius 2 is 2.14 bits per heavy atom. The number of unbranched alkanes of at least 4 members (excludes halogenated alkanes) is 4. The van der Waals surface area contributed by atoms with Gasteiger partial charge in [0.2, 0.25) is 0 Å². The van der Waals surface area contributed by atoms with Crippen LogP contribution >= 0.6 is 11.3 Å². The molecule has 0 amide bonds. The number of nitrogen functional groups attached to an aromatic ring is 1. The van der Waals surface area contributed by atoms with Gasteiger partial charge in [0, 0.05) is 0 Å². The highest BCUT2D eigenvalue weighted by molar-refractivity contribution is 7.17. The fourth-order valence-electron chi connectivity index (χ4n) is 1.20. The summed E-state index contributed by atoms with van der Waals surface area (Å²) in [6.07, 6.45) is 7.90. The third kappa shape index (κ3) is 4.46. The molecule has 1 heterocycles. The minimum Gasteiger partial charge on any atom is -0.470 e. The van der Waals surface area contributed by atoms with Crippen molar-refractivity contribution in [3.05, 3.63) is 6.20 Å². The first kappa shape index (κ1) is 11.3. The van der Waals surface area contributed by atoms with Crippen LogP contribution in [-0.4, -0.2) is 11.6 Å². The maximum absolute atomic E-state index is 5.52. The van der Waals surface area contributed by atoms with Crippen molar-refractivity contribution in [3.63, 3.8) is 0 Å². The molecular weight excluding hydrogens is 196 g/mol. The Hall–Kier alpha value is -0.770. The molecule has 0 spiro atoms. The summed E-state index contributed by atoms with van der Waals surface area (Å²) in [5.41, 5.74) is 5.52. The van der Waals surface area contributed by atoms with Gasteiger partial charge in [-0.25, -0.2) is 4.98 Å². The van der Waals surface area contributed by atoms with Crippen LogP contribution in [0, 0.1) is 0 Å². The van der Waals surface area contributed by atoms with E-state index in [1.807, 2.05) is 0 Å². The van der Waals surface area contributed by atoms with Crippen molar-refractivity contribution < 1.29 is 4.74 Å². The summed E-state index contributed by atoms with van der Waals surface area (Å²) in [6.45, 7) is 2.98. The number of nitrogens with two attached hydrogens (primary N) is 1. The molecule has 1 aromatic rings. The average Bonchev–Trinajstić information content (AvgIpc) is 2.58. The lowest BCUT2D eigenvalue weighted by Crippen LogP contribution is -1.96. The highest BCUT2D eigenvalue weighted by atomic mass is 32.1. The van der Waals surface area contributed by atoms with Gasteiger partial charge in [0.05, 0.1) is 12.8 Å². The van der Waals surface area contributed by atoms with E-state index in [2.05, 4.69) is 11.9 Å². The largest absolute Gasteiger partial charge is 0.470 e. The van der Waals surface area contributed by atoms with E-state index in [1.165, 1.54) is 37.0 Å². The van der Waals surface area contributed by atoms with Crippen LogP contribution in [0.15, 0.2) is 6.20 Å². The molecule has 0 radical (unpaired) electrons. The van der Waals surface area contributed by atoms with Gasteiger partial charge >= 0.3 is 0 Å². The quantitative estimate of drug-likeness (QED) is 0.710. The molecule has 0 saturated heterocycles. The van der Waals surface area contributed by atoms with Crippen LogP contribution in [0.5, 0.6) is 5.19 Å². The number of ether oxygens (including phenoxy) is 1. The number of rotatable bonds is 7. The fourth-order valence-corrected chi connectivity index (χ4v) is 1.76. The number of hydrogen-bond donors (Lipinski definition) is 1. The normalized spacial score (nSPS) is 10.4. The van der Waals surface area contributed by atoms with Crippen molar-refractivity contribution in [1.82, 2.24) is 4.98 Å². The highest BCUT2D eigenvalue weighted by Crippen LogP contribution is 2.22. The smallest absolute Gasteiger partial charge is 0.275 e. The molecule has 0 atom stereocenters. The van der Waals surface area contributed by atoms with Gasteiger partial charge < -0.3 is 10.5 Å². The van der Waals surface area contributed by atoms with Crippen molar-refractivity contribution in [2.45, 2.75) is 39.0 Å². The standard InChI is InChI=1S/C10H18N2OS/c1-2-3-4-5-6-7-13-10-12-8-9(11)14-10/h8H,2-7,11H2,1H3. The van der Waals surface area contributed by atoms with Crippen molar-refractivity contribution in [2.24, 2.45) is 0 Å². The molecule has 2 N–H and O–H groups in total. The molecule has 14 heavy (non-hydrogen) atoms. The lowest BCUT2D eigenvalue weighted by molar-refractivity contribution is 0.303. The van der Waals surface area contributed by atoms with Gasteiger partial charge in [-0.15, -0.1) is 0 Å². The maximum atomic E-state index is 5.52. The van der Waals surface area contributed by atoms with E-state index < -0.39 is 0 Å². The first-order valence-corrected chi connectivity index (χ1v) is 5.98. The summed E-state index contributed by atoms with van der Waals surface area (Å²) in [4.78, 5) is 4.02. The van der Waals surface area contributed by atoms with Gasteiger partial charge in [-0.3, -0.25) is 0 Å². The molecule has 1 aromatic heterocycles. The van der Waals surface area contributed by atoms with E-state index in [9.17, 15) is 0 Å². The van der Waals surface area contributed by atoms with E-state index in [0.29, 0.717) is 10.2 Å². The average molecular weight is 214 g/mol. The van der Waals surface area contributed by atoms with Crippen LogP contribution in [0.3, 0.4) is 0 Å². The second-order valence-electron chi connectivity index (χ2n) is 3.29. The van der Waals surface area contributed by atoms with E-state index in [4.69, 9.17) is 10.5 Å². The third-order valence-electron chi connectivity index (χ3n) is 1.98. The number of thiazole rings is 1.